The summed E-state index contributed by atoms with van der Waals surface area (Å²) in [6.07, 6.45) is 10.8. The second kappa shape index (κ2) is 4.74. The monoisotopic (exact) mass is 282 g/mol. The summed E-state index contributed by atoms with van der Waals surface area (Å²) in [5, 5.41) is 3.30. The van der Waals surface area contributed by atoms with Crippen molar-refractivity contribution in [3.63, 3.8) is 0 Å². The molecule has 1 aromatic carbocycles. The van der Waals surface area contributed by atoms with E-state index in [9.17, 15) is 0 Å². The highest BCUT2D eigenvalue weighted by molar-refractivity contribution is 7.80. The van der Waals surface area contributed by atoms with Gasteiger partial charge in [0.1, 0.15) is 0 Å². The lowest BCUT2D eigenvalue weighted by atomic mass is 9.95. The number of nitrogens with zero attached hydrogens (tertiary/aromatic N) is 1. The van der Waals surface area contributed by atoms with Crippen molar-refractivity contribution in [2.24, 2.45) is 0 Å². The van der Waals surface area contributed by atoms with Crippen LogP contribution in [0.1, 0.15) is 29.5 Å². The topological polar surface area (TPSA) is 15.3 Å². The van der Waals surface area contributed by atoms with Gasteiger partial charge in [-0.05, 0) is 72.4 Å². The molecule has 3 heterocycles. The van der Waals surface area contributed by atoms with Gasteiger partial charge in [-0.3, -0.25) is 0 Å². The van der Waals surface area contributed by atoms with Crippen molar-refractivity contribution in [3.8, 4) is 0 Å². The SMILES string of the molecule is S=C1CCCc2cc(C3=CC=CNC3)cc3c2N1CC3. The average Bonchev–Trinajstić information content (AvgIpc) is 2.84. The van der Waals surface area contributed by atoms with E-state index >= 15 is 0 Å². The Morgan fingerprint density at radius 3 is 2.75 bits per heavy atom. The first-order chi connectivity index (χ1) is 9.83. The van der Waals surface area contributed by atoms with Crippen molar-refractivity contribution in [1.29, 1.82) is 0 Å². The van der Waals surface area contributed by atoms with Crippen LogP contribution in [0.3, 0.4) is 0 Å². The van der Waals surface area contributed by atoms with E-state index < -0.39 is 0 Å². The molecule has 0 amide bonds. The summed E-state index contributed by atoms with van der Waals surface area (Å²) in [7, 11) is 0. The van der Waals surface area contributed by atoms with Crippen LogP contribution in [0.4, 0.5) is 5.69 Å². The number of dihydropyridines is 1. The number of anilines is 1. The van der Waals surface area contributed by atoms with Crippen LogP contribution in [0.25, 0.3) is 5.57 Å². The maximum atomic E-state index is 5.58. The summed E-state index contributed by atoms with van der Waals surface area (Å²) in [6.45, 7) is 2.00. The second-order valence-electron chi connectivity index (χ2n) is 5.72. The molecule has 1 N–H and O–H groups in total. The zero-order valence-electron chi connectivity index (χ0n) is 11.5. The first-order valence-electron chi connectivity index (χ1n) is 7.38. The van der Waals surface area contributed by atoms with Gasteiger partial charge in [0.05, 0.1) is 4.99 Å². The molecule has 20 heavy (non-hydrogen) atoms. The quantitative estimate of drug-likeness (QED) is 0.796. The third kappa shape index (κ3) is 1.88. The molecule has 0 radical (unpaired) electrons. The second-order valence-corrected chi connectivity index (χ2v) is 6.20. The van der Waals surface area contributed by atoms with Crippen LogP contribution < -0.4 is 10.2 Å². The maximum absolute atomic E-state index is 5.58. The van der Waals surface area contributed by atoms with Gasteiger partial charge in [0.15, 0.2) is 0 Å². The Bertz CT molecular complexity index is 643. The highest BCUT2D eigenvalue weighted by Crippen LogP contribution is 2.38. The Labute approximate surface area is 125 Å². The Morgan fingerprint density at radius 2 is 1.95 bits per heavy atom. The molecule has 0 bridgehead atoms. The number of nitrogens with one attached hydrogen (secondary N) is 1. The van der Waals surface area contributed by atoms with Gasteiger partial charge in [0.25, 0.3) is 0 Å². The number of allylic oxidation sites excluding steroid dienone is 2. The normalized spacial score (nSPS) is 20.3. The van der Waals surface area contributed by atoms with Crippen molar-refractivity contribution >= 4 is 28.5 Å². The van der Waals surface area contributed by atoms with Crippen LogP contribution >= 0.6 is 12.2 Å². The molecule has 0 atom stereocenters. The number of aryl methyl sites for hydroxylation is 1. The van der Waals surface area contributed by atoms with Crippen molar-refractivity contribution in [1.82, 2.24) is 5.32 Å². The summed E-state index contributed by atoms with van der Waals surface area (Å²) in [5.41, 5.74) is 7.17. The summed E-state index contributed by atoms with van der Waals surface area (Å²) in [4.78, 5) is 3.52. The van der Waals surface area contributed by atoms with Crippen molar-refractivity contribution < 1.29 is 0 Å². The van der Waals surface area contributed by atoms with Crippen LogP contribution in [0.2, 0.25) is 0 Å². The van der Waals surface area contributed by atoms with E-state index in [0.29, 0.717) is 0 Å². The highest BCUT2D eigenvalue weighted by atomic mass is 32.1. The fraction of sp³-hybridized carbons (Fsp3) is 0.353. The number of hydrogen-bond acceptors (Lipinski definition) is 2. The van der Waals surface area contributed by atoms with Crippen LogP contribution in [-0.4, -0.2) is 18.1 Å². The van der Waals surface area contributed by atoms with Crippen LogP contribution in [0.5, 0.6) is 0 Å². The molecular formula is C17H18N2S. The van der Waals surface area contributed by atoms with E-state index in [1.165, 1.54) is 34.4 Å². The first kappa shape index (κ1) is 12.2. The molecule has 102 valence electrons. The summed E-state index contributed by atoms with van der Waals surface area (Å²) in [6, 6.07) is 4.76. The Morgan fingerprint density at radius 1 is 1.10 bits per heavy atom. The number of thiocarbonyl (C=S) groups is 1. The van der Waals surface area contributed by atoms with Crippen molar-refractivity contribution in [2.45, 2.75) is 25.7 Å². The fourth-order valence-corrected chi connectivity index (χ4v) is 3.82. The minimum Gasteiger partial charge on any atom is -0.387 e. The summed E-state index contributed by atoms with van der Waals surface area (Å²) in [5.74, 6) is 0. The van der Waals surface area contributed by atoms with Gasteiger partial charge in [-0.15, -0.1) is 0 Å². The van der Waals surface area contributed by atoms with E-state index in [0.717, 1.165) is 37.3 Å². The molecule has 1 aromatic rings. The Balaban J connectivity index is 1.83. The van der Waals surface area contributed by atoms with E-state index in [1.807, 2.05) is 6.20 Å². The Kier molecular flexibility index (Phi) is 2.88. The standard InChI is InChI=1S/C17H18N2S/c20-16-5-1-3-12-9-15(14-4-2-7-18-11-14)10-13-6-8-19(16)17(12)13/h2,4,7,9-10,18H,1,3,5-6,8,11H2. The zero-order valence-corrected chi connectivity index (χ0v) is 12.3. The first-order valence-corrected chi connectivity index (χ1v) is 7.79. The molecule has 3 aliphatic heterocycles. The largest absolute Gasteiger partial charge is 0.387 e. The molecule has 0 saturated carbocycles. The minimum absolute atomic E-state index is 0.927. The minimum atomic E-state index is 0.927. The van der Waals surface area contributed by atoms with E-state index in [-0.39, 0.29) is 0 Å². The van der Waals surface area contributed by atoms with Gasteiger partial charge in [-0.2, -0.15) is 0 Å². The number of benzene rings is 1. The highest BCUT2D eigenvalue weighted by Gasteiger charge is 2.28. The summed E-state index contributed by atoms with van der Waals surface area (Å²) < 4.78 is 0. The molecule has 0 spiro atoms. The van der Waals surface area contributed by atoms with Crippen LogP contribution in [0.15, 0.2) is 30.5 Å². The molecule has 0 aliphatic carbocycles. The lowest BCUT2D eigenvalue weighted by Crippen LogP contribution is -2.26. The lowest BCUT2D eigenvalue weighted by molar-refractivity contribution is 0.875. The van der Waals surface area contributed by atoms with Gasteiger partial charge in [-0.1, -0.05) is 18.3 Å². The number of rotatable bonds is 1. The third-order valence-electron chi connectivity index (χ3n) is 4.46. The predicted octanol–water partition coefficient (Wildman–Crippen LogP) is 3.21. The zero-order chi connectivity index (χ0) is 13.5. The summed E-state index contributed by atoms with van der Waals surface area (Å²) >= 11 is 5.58. The molecule has 4 rings (SSSR count). The lowest BCUT2D eigenvalue weighted by Gasteiger charge is -2.21. The molecule has 2 nitrogen and oxygen atoms in total. The van der Waals surface area contributed by atoms with Crippen LogP contribution in [0, 0.1) is 0 Å². The number of hydrogen-bond donors (Lipinski definition) is 1. The van der Waals surface area contributed by atoms with Gasteiger partial charge in [-0.25, -0.2) is 0 Å². The smallest absolute Gasteiger partial charge is 0.0824 e. The van der Waals surface area contributed by atoms with Crippen molar-refractivity contribution in [3.05, 3.63) is 47.2 Å². The molecule has 0 fully saturated rings. The van der Waals surface area contributed by atoms with Gasteiger partial charge >= 0.3 is 0 Å². The van der Waals surface area contributed by atoms with Crippen LogP contribution in [-0.2, 0) is 12.8 Å². The predicted molar refractivity (Wildman–Crippen MR) is 88.1 cm³/mol. The molecule has 0 saturated heterocycles. The fourth-order valence-electron chi connectivity index (χ4n) is 3.49. The molecule has 3 heteroatoms. The molecule has 0 aromatic heterocycles. The maximum Gasteiger partial charge on any atom is 0.0824 e. The van der Waals surface area contributed by atoms with Gasteiger partial charge < -0.3 is 10.2 Å². The van der Waals surface area contributed by atoms with Gasteiger partial charge in [0.2, 0.25) is 0 Å². The van der Waals surface area contributed by atoms with Gasteiger partial charge in [0, 0.05) is 18.8 Å². The molecular weight excluding hydrogens is 264 g/mol. The molecule has 0 unspecified atom stereocenters. The molecule has 3 aliphatic rings. The van der Waals surface area contributed by atoms with E-state index in [4.69, 9.17) is 12.2 Å². The van der Waals surface area contributed by atoms with E-state index in [2.05, 4.69) is 34.5 Å². The van der Waals surface area contributed by atoms with E-state index in [1.54, 1.807) is 0 Å². The van der Waals surface area contributed by atoms with Crippen molar-refractivity contribution in [2.75, 3.05) is 18.0 Å². The third-order valence-corrected chi connectivity index (χ3v) is 4.88. The Hall–Kier alpha value is -1.61. The average molecular weight is 282 g/mol.